The smallest absolute Gasteiger partial charge is 0.270 e. The maximum atomic E-state index is 13.1. The summed E-state index contributed by atoms with van der Waals surface area (Å²) in [6, 6.07) is 18.4. The van der Waals surface area contributed by atoms with E-state index in [-0.39, 0.29) is 29.7 Å². The fourth-order valence-corrected chi connectivity index (χ4v) is 3.17. The highest BCUT2D eigenvalue weighted by Crippen LogP contribution is 2.15. The lowest BCUT2D eigenvalue weighted by Crippen LogP contribution is -2.50. The lowest BCUT2D eigenvalue weighted by atomic mass is 10.1. The minimum absolute atomic E-state index is 0.0412. The number of benzene rings is 2. The summed E-state index contributed by atoms with van der Waals surface area (Å²) in [4.78, 5) is 27.5. The van der Waals surface area contributed by atoms with Gasteiger partial charge in [0, 0.05) is 18.7 Å². The van der Waals surface area contributed by atoms with Gasteiger partial charge in [-0.3, -0.25) is 9.59 Å². The van der Waals surface area contributed by atoms with Crippen LogP contribution in [0.3, 0.4) is 0 Å². The molecule has 1 aliphatic rings. The first-order valence-electron chi connectivity index (χ1n) is 9.11. The first-order valence-corrected chi connectivity index (χ1v) is 9.11. The van der Waals surface area contributed by atoms with E-state index in [4.69, 9.17) is 4.74 Å². The van der Waals surface area contributed by atoms with Gasteiger partial charge in [0.2, 0.25) is 0 Å². The van der Waals surface area contributed by atoms with Gasteiger partial charge in [-0.15, -0.1) is 0 Å². The van der Waals surface area contributed by atoms with Gasteiger partial charge < -0.3 is 15.0 Å². The Labute approximate surface area is 159 Å². The van der Waals surface area contributed by atoms with E-state index in [0.717, 1.165) is 5.56 Å². The number of hydrogen-bond donors (Lipinski definition) is 1. The molecule has 0 saturated carbocycles. The predicted molar refractivity (Wildman–Crippen MR) is 105 cm³/mol. The predicted octanol–water partition coefficient (Wildman–Crippen LogP) is 3.09. The van der Waals surface area contributed by atoms with Crippen LogP contribution in [-0.4, -0.2) is 42.0 Å². The number of ether oxygens (including phenoxy) is 1. The van der Waals surface area contributed by atoms with Gasteiger partial charge in [-0.25, -0.2) is 0 Å². The second-order valence-corrected chi connectivity index (χ2v) is 6.76. The van der Waals surface area contributed by atoms with E-state index in [1.165, 1.54) is 0 Å². The van der Waals surface area contributed by atoms with Crippen LogP contribution in [0.2, 0.25) is 0 Å². The van der Waals surface area contributed by atoms with E-state index in [2.05, 4.69) is 5.32 Å². The molecule has 0 aromatic heterocycles. The minimum Gasteiger partial charge on any atom is -0.372 e. The average molecular weight is 364 g/mol. The first kappa shape index (κ1) is 18.9. The van der Waals surface area contributed by atoms with Crippen molar-refractivity contribution >= 4 is 17.9 Å². The highest BCUT2D eigenvalue weighted by Gasteiger charge is 2.28. The quantitative estimate of drug-likeness (QED) is 0.848. The molecule has 1 aliphatic heterocycles. The number of morpholine rings is 1. The summed E-state index contributed by atoms with van der Waals surface area (Å²) in [5.41, 5.74) is 1.62. The van der Waals surface area contributed by atoms with Crippen LogP contribution in [0.15, 0.2) is 66.4 Å². The Morgan fingerprint density at radius 3 is 2.11 bits per heavy atom. The van der Waals surface area contributed by atoms with Crippen molar-refractivity contribution in [2.45, 2.75) is 26.1 Å². The Morgan fingerprint density at radius 1 is 0.963 bits per heavy atom. The molecule has 2 atom stereocenters. The van der Waals surface area contributed by atoms with Gasteiger partial charge in [0.25, 0.3) is 11.8 Å². The van der Waals surface area contributed by atoms with Gasteiger partial charge in [-0.05, 0) is 37.6 Å². The molecule has 0 spiro atoms. The third kappa shape index (κ3) is 5.05. The van der Waals surface area contributed by atoms with Gasteiger partial charge in [0.05, 0.1) is 12.2 Å². The molecule has 140 valence electrons. The molecule has 0 aliphatic carbocycles. The summed E-state index contributed by atoms with van der Waals surface area (Å²) in [6.07, 6.45) is 1.63. The lowest BCUT2D eigenvalue weighted by Gasteiger charge is -2.35. The summed E-state index contributed by atoms with van der Waals surface area (Å²) in [6.45, 7) is 4.88. The number of nitrogens with one attached hydrogen (secondary N) is 1. The van der Waals surface area contributed by atoms with Crippen LogP contribution < -0.4 is 5.32 Å². The topological polar surface area (TPSA) is 58.6 Å². The Hall–Kier alpha value is -2.92. The first-order chi connectivity index (χ1) is 13.0. The molecule has 0 bridgehead atoms. The molecule has 27 heavy (non-hydrogen) atoms. The van der Waals surface area contributed by atoms with Crippen LogP contribution in [0.4, 0.5) is 0 Å². The molecule has 0 unspecified atom stereocenters. The largest absolute Gasteiger partial charge is 0.372 e. The zero-order valence-corrected chi connectivity index (χ0v) is 15.6. The summed E-state index contributed by atoms with van der Waals surface area (Å²) in [7, 11) is 0. The van der Waals surface area contributed by atoms with Crippen molar-refractivity contribution in [3.05, 3.63) is 77.5 Å². The van der Waals surface area contributed by atoms with Crippen molar-refractivity contribution < 1.29 is 14.3 Å². The summed E-state index contributed by atoms with van der Waals surface area (Å²) < 4.78 is 5.71. The van der Waals surface area contributed by atoms with Crippen LogP contribution >= 0.6 is 0 Å². The maximum absolute atomic E-state index is 13.1. The van der Waals surface area contributed by atoms with E-state index in [0.29, 0.717) is 18.7 Å². The van der Waals surface area contributed by atoms with E-state index in [9.17, 15) is 9.59 Å². The summed E-state index contributed by atoms with van der Waals surface area (Å²) in [5.74, 6) is -0.509. The third-order valence-corrected chi connectivity index (χ3v) is 4.33. The molecule has 5 nitrogen and oxygen atoms in total. The second-order valence-electron chi connectivity index (χ2n) is 6.76. The monoisotopic (exact) mass is 364 g/mol. The fourth-order valence-electron chi connectivity index (χ4n) is 3.17. The summed E-state index contributed by atoms with van der Waals surface area (Å²) >= 11 is 0. The van der Waals surface area contributed by atoms with Gasteiger partial charge in [0.1, 0.15) is 5.70 Å². The van der Waals surface area contributed by atoms with Crippen molar-refractivity contribution in [2.24, 2.45) is 0 Å². The molecular formula is C22H24N2O3. The van der Waals surface area contributed by atoms with Gasteiger partial charge in [-0.1, -0.05) is 48.5 Å². The van der Waals surface area contributed by atoms with Crippen LogP contribution in [0, 0.1) is 0 Å². The Bertz CT molecular complexity index is 808. The average Bonchev–Trinajstić information content (AvgIpc) is 2.67. The highest BCUT2D eigenvalue weighted by atomic mass is 16.5. The van der Waals surface area contributed by atoms with E-state index in [1.54, 1.807) is 35.2 Å². The van der Waals surface area contributed by atoms with Crippen LogP contribution in [0.5, 0.6) is 0 Å². The number of rotatable bonds is 4. The normalized spacial score (nSPS) is 20.2. The lowest BCUT2D eigenvalue weighted by molar-refractivity contribution is -0.139. The van der Waals surface area contributed by atoms with Crippen molar-refractivity contribution in [3.8, 4) is 0 Å². The minimum atomic E-state index is -0.305. The van der Waals surface area contributed by atoms with Crippen molar-refractivity contribution in [1.29, 1.82) is 0 Å². The van der Waals surface area contributed by atoms with Crippen LogP contribution in [0.1, 0.15) is 29.8 Å². The SMILES string of the molecule is C[C@@H]1CN(C(=O)/C(=C\c2ccccc2)NC(=O)c2ccccc2)C[C@@H](C)O1. The Kier molecular flexibility index (Phi) is 6.04. The molecule has 0 radical (unpaired) electrons. The van der Waals surface area contributed by atoms with E-state index in [1.807, 2.05) is 50.2 Å². The molecule has 2 aromatic rings. The molecular weight excluding hydrogens is 340 g/mol. The Morgan fingerprint density at radius 2 is 1.52 bits per heavy atom. The molecule has 1 heterocycles. The molecule has 1 N–H and O–H groups in total. The van der Waals surface area contributed by atoms with Crippen molar-refractivity contribution in [2.75, 3.05) is 13.1 Å². The van der Waals surface area contributed by atoms with Crippen molar-refractivity contribution in [3.63, 3.8) is 0 Å². The van der Waals surface area contributed by atoms with E-state index < -0.39 is 0 Å². The second kappa shape index (κ2) is 8.64. The molecule has 2 aromatic carbocycles. The van der Waals surface area contributed by atoms with Crippen molar-refractivity contribution in [1.82, 2.24) is 10.2 Å². The van der Waals surface area contributed by atoms with Gasteiger partial charge in [-0.2, -0.15) is 0 Å². The zero-order valence-electron chi connectivity index (χ0n) is 15.6. The zero-order chi connectivity index (χ0) is 19.2. The number of hydrogen-bond acceptors (Lipinski definition) is 3. The number of amides is 2. The molecule has 5 heteroatoms. The number of nitrogens with zero attached hydrogens (tertiary/aromatic N) is 1. The Balaban J connectivity index is 1.87. The molecule has 2 amide bonds. The summed E-state index contributed by atoms with van der Waals surface area (Å²) in [5, 5.41) is 2.80. The highest BCUT2D eigenvalue weighted by molar-refractivity contribution is 6.05. The van der Waals surface area contributed by atoms with Crippen LogP contribution in [0.25, 0.3) is 6.08 Å². The number of carbonyl (C=O) groups is 2. The van der Waals surface area contributed by atoms with Gasteiger partial charge >= 0.3 is 0 Å². The fraction of sp³-hybridized carbons (Fsp3) is 0.273. The van der Waals surface area contributed by atoms with Gasteiger partial charge in [0.15, 0.2) is 0 Å². The maximum Gasteiger partial charge on any atom is 0.270 e. The number of carbonyl (C=O) groups excluding carboxylic acids is 2. The molecule has 1 saturated heterocycles. The third-order valence-electron chi connectivity index (χ3n) is 4.33. The molecule has 1 fully saturated rings. The van der Waals surface area contributed by atoms with Crippen LogP contribution in [-0.2, 0) is 9.53 Å². The standard InChI is InChI=1S/C22H24N2O3/c1-16-14-24(15-17(2)27-16)22(26)20(13-18-9-5-3-6-10-18)23-21(25)19-11-7-4-8-12-19/h3-13,16-17H,14-15H2,1-2H3,(H,23,25)/b20-13+/t16-,17-/m1/s1. The molecule has 3 rings (SSSR count). The van der Waals surface area contributed by atoms with E-state index >= 15 is 0 Å².